The highest BCUT2D eigenvalue weighted by Gasteiger charge is 2.18. The van der Waals surface area contributed by atoms with Crippen LogP contribution in [0.5, 0.6) is 17.2 Å². The van der Waals surface area contributed by atoms with Gasteiger partial charge in [-0.15, -0.1) is 10.2 Å². The van der Waals surface area contributed by atoms with E-state index in [2.05, 4.69) is 10.2 Å². The van der Waals surface area contributed by atoms with Gasteiger partial charge in [0, 0.05) is 19.2 Å². The summed E-state index contributed by atoms with van der Waals surface area (Å²) in [4.78, 5) is 13.9. The third-order valence-electron chi connectivity index (χ3n) is 4.41. The number of carbonyl (C=O) groups excluding carboxylic acids is 1. The van der Waals surface area contributed by atoms with Gasteiger partial charge in [0.2, 0.25) is 18.6 Å². The van der Waals surface area contributed by atoms with Crippen LogP contribution in [0.25, 0.3) is 11.5 Å². The van der Waals surface area contributed by atoms with E-state index < -0.39 is 5.82 Å². The summed E-state index contributed by atoms with van der Waals surface area (Å²) >= 11 is 1.14. The largest absolute Gasteiger partial charge is 0.494 e. The first kappa shape index (κ1) is 20.0. The summed E-state index contributed by atoms with van der Waals surface area (Å²) in [6, 6.07) is 9.93. The van der Waals surface area contributed by atoms with Crippen LogP contribution < -0.4 is 14.2 Å². The third kappa shape index (κ3) is 4.33. The molecule has 8 nitrogen and oxygen atoms in total. The molecule has 10 heteroatoms. The van der Waals surface area contributed by atoms with Gasteiger partial charge in [0.25, 0.3) is 5.22 Å². The zero-order valence-electron chi connectivity index (χ0n) is 16.3. The van der Waals surface area contributed by atoms with Gasteiger partial charge >= 0.3 is 0 Å². The van der Waals surface area contributed by atoms with E-state index in [-0.39, 0.29) is 36.0 Å². The smallest absolute Gasteiger partial charge is 0.277 e. The zero-order valence-corrected chi connectivity index (χ0v) is 17.1. The Morgan fingerprint density at radius 1 is 1.20 bits per heavy atom. The van der Waals surface area contributed by atoms with Gasteiger partial charge in [-0.25, -0.2) is 4.39 Å². The molecule has 156 valence electrons. The van der Waals surface area contributed by atoms with E-state index in [0.717, 1.165) is 11.8 Å². The fourth-order valence-corrected chi connectivity index (χ4v) is 3.52. The minimum Gasteiger partial charge on any atom is -0.494 e. The molecule has 2 heterocycles. The van der Waals surface area contributed by atoms with Gasteiger partial charge in [-0.1, -0.05) is 17.8 Å². The summed E-state index contributed by atoms with van der Waals surface area (Å²) in [7, 11) is 3.05. The van der Waals surface area contributed by atoms with Crippen molar-refractivity contribution >= 4 is 17.7 Å². The summed E-state index contributed by atoms with van der Waals surface area (Å²) in [6.07, 6.45) is 0. The lowest BCUT2D eigenvalue weighted by atomic mass is 10.2. The second-order valence-electron chi connectivity index (χ2n) is 6.45. The minimum absolute atomic E-state index is 0.109. The molecule has 0 saturated heterocycles. The van der Waals surface area contributed by atoms with Crippen molar-refractivity contribution in [3.05, 3.63) is 47.8 Å². The Balaban J connectivity index is 1.33. The van der Waals surface area contributed by atoms with E-state index >= 15 is 0 Å². The van der Waals surface area contributed by atoms with Crippen LogP contribution in [0.4, 0.5) is 4.39 Å². The standard InChI is InChI=1S/C20H18FN3O5S/c1-24(9-12-3-5-15(26-2)14(21)7-12)18(25)10-30-20-23-22-19(29-20)13-4-6-16-17(8-13)28-11-27-16/h3-8H,9-11H2,1-2H3. The van der Waals surface area contributed by atoms with Gasteiger partial charge in [0.1, 0.15) is 0 Å². The molecule has 1 amide bonds. The van der Waals surface area contributed by atoms with Gasteiger partial charge in [0.15, 0.2) is 23.1 Å². The van der Waals surface area contributed by atoms with Crippen molar-refractivity contribution in [2.45, 2.75) is 11.8 Å². The maximum atomic E-state index is 13.8. The zero-order chi connectivity index (χ0) is 21.1. The highest BCUT2D eigenvalue weighted by Crippen LogP contribution is 2.36. The highest BCUT2D eigenvalue weighted by molar-refractivity contribution is 7.99. The van der Waals surface area contributed by atoms with Crippen molar-refractivity contribution in [2.24, 2.45) is 0 Å². The Kier molecular flexibility index (Phi) is 5.75. The van der Waals surface area contributed by atoms with Crippen LogP contribution in [0, 0.1) is 5.82 Å². The van der Waals surface area contributed by atoms with Crippen molar-refractivity contribution in [1.82, 2.24) is 15.1 Å². The Hall–Kier alpha value is -3.27. The quantitative estimate of drug-likeness (QED) is 0.527. The third-order valence-corrected chi connectivity index (χ3v) is 5.21. The number of ether oxygens (including phenoxy) is 3. The van der Waals surface area contributed by atoms with E-state index in [1.807, 2.05) is 0 Å². The van der Waals surface area contributed by atoms with Gasteiger partial charge in [-0.05, 0) is 35.9 Å². The second kappa shape index (κ2) is 8.62. The maximum absolute atomic E-state index is 13.8. The van der Waals surface area contributed by atoms with Crippen molar-refractivity contribution < 1.29 is 27.8 Å². The van der Waals surface area contributed by atoms with Crippen LogP contribution in [0.1, 0.15) is 5.56 Å². The van der Waals surface area contributed by atoms with Crippen LogP contribution in [-0.4, -0.2) is 47.7 Å². The van der Waals surface area contributed by atoms with E-state index in [1.54, 1.807) is 31.3 Å². The second-order valence-corrected chi connectivity index (χ2v) is 7.38. The van der Waals surface area contributed by atoms with Crippen LogP contribution >= 0.6 is 11.8 Å². The molecule has 1 aromatic heterocycles. The first-order chi connectivity index (χ1) is 14.5. The first-order valence-corrected chi connectivity index (χ1v) is 9.95. The molecule has 1 aliphatic rings. The number of halogens is 1. The normalized spacial score (nSPS) is 12.1. The minimum atomic E-state index is -0.466. The molecule has 0 atom stereocenters. The highest BCUT2D eigenvalue weighted by atomic mass is 32.2. The number of amides is 1. The first-order valence-electron chi connectivity index (χ1n) is 8.96. The number of rotatable bonds is 7. The van der Waals surface area contributed by atoms with Crippen molar-refractivity contribution in [1.29, 1.82) is 0 Å². The number of aromatic nitrogens is 2. The molecule has 0 radical (unpaired) electrons. The lowest BCUT2D eigenvalue weighted by Gasteiger charge is -2.17. The van der Waals surface area contributed by atoms with Crippen LogP contribution in [-0.2, 0) is 11.3 Å². The predicted octanol–water partition coefficient (Wildman–Crippen LogP) is 3.36. The topological polar surface area (TPSA) is 86.9 Å². The average Bonchev–Trinajstić information content (AvgIpc) is 3.41. The number of carbonyl (C=O) groups is 1. The van der Waals surface area contributed by atoms with Crippen molar-refractivity contribution in [2.75, 3.05) is 26.7 Å². The molecule has 3 aromatic rings. The van der Waals surface area contributed by atoms with Gasteiger partial charge in [-0.3, -0.25) is 4.79 Å². The Labute approximate surface area is 175 Å². The fourth-order valence-electron chi connectivity index (χ4n) is 2.82. The summed E-state index contributed by atoms with van der Waals surface area (Å²) in [5.74, 6) is 1.26. The van der Waals surface area contributed by atoms with Crippen molar-refractivity contribution in [3.63, 3.8) is 0 Å². The van der Waals surface area contributed by atoms with Crippen LogP contribution in [0.2, 0.25) is 0 Å². The van der Waals surface area contributed by atoms with Gasteiger partial charge in [0.05, 0.1) is 12.9 Å². The molecule has 0 saturated carbocycles. The maximum Gasteiger partial charge on any atom is 0.277 e. The lowest BCUT2D eigenvalue weighted by molar-refractivity contribution is -0.127. The van der Waals surface area contributed by atoms with E-state index in [0.29, 0.717) is 28.5 Å². The molecule has 0 bridgehead atoms. The molecule has 4 rings (SSSR count). The average molecular weight is 431 g/mol. The molecule has 0 spiro atoms. The number of methoxy groups -OCH3 is 1. The monoisotopic (exact) mass is 431 g/mol. The summed E-state index contributed by atoms with van der Waals surface area (Å²) in [5, 5.41) is 8.27. The lowest BCUT2D eigenvalue weighted by Crippen LogP contribution is -2.27. The predicted molar refractivity (Wildman–Crippen MR) is 106 cm³/mol. The molecule has 0 fully saturated rings. The van der Waals surface area contributed by atoms with E-state index in [1.165, 1.54) is 24.1 Å². The Morgan fingerprint density at radius 2 is 2.03 bits per heavy atom. The van der Waals surface area contributed by atoms with Crippen LogP contribution in [0.15, 0.2) is 46.0 Å². The Bertz CT molecular complexity index is 1070. The molecule has 1 aliphatic heterocycles. The molecular weight excluding hydrogens is 413 g/mol. The summed E-state index contributed by atoms with van der Waals surface area (Å²) in [5.41, 5.74) is 1.36. The SMILES string of the molecule is COc1ccc(CN(C)C(=O)CSc2nnc(-c3ccc4c(c3)OCO4)o2)cc1F. The molecule has 0 N–H and O–H groups in total. The molecular formula is C20H18FN3O5S. The van der Waals surface area contributed by atoms with Gasteiger partial charge < -0.3 is 23.5 Å². The molecule has 0 unspecified atom stereocenters. The number of nitrogens with zero attached hydrogens (tertiary/aromatic N) is 3. The summed E-state index contributed by atoms with van der Waals surface area (Å²) < 4.78 is 35.0. The number of thioether (sulfide) groups is 1. The van der Waals surface area contributed by atoms with Gasteiger partial charge in [-0.2, -0.15) is 0 Å². The van der Waals surface area contributed by atoms with Crippen LogP contribution in [0.3, 0.4) is 0 Å². The Morgan fingerprint density at radius 3 is 2.83 bits per heavy atom. The van der Waals surface area contributed by atoms with Crippen molar-refractivity contribution in [3.8, 4) is 28.7 Å². The number of benzene rings is 2. The molecule has 0 aliphatic carbocycles. The van der Waals surface area contributed by atoms with E-state index in [4.69, 9.17) is 18.6 Å². The molecule has 2 aromatic carbocycles. The number of hydrogen-bond acceptors (Lipinski definition) is 8. The fraction of sp³-hybridized carbons (Fsp3) is 0.250. The van der Waals surface area contributed by atoms with E-state index in [9.17, 15) is 9.18 Å². The number of fused-ring (bicyclic) bond motifs is 1. The number of hydrogen-bond donors (Lipinski definition) is 0. The molecule has 30 heavy (non-hydrogen) atoms. The summed E-state index contributed by atoms with van der Waals surface area (Å²) in [6.45, 7) is 0.453.